The van der Waals surface area contributed by atoms with Gasteiger partial charge in [0.1, 0.15) is 0 Å². The zero-order chi connectivity index (χ0) is 10.6. The van der Waals surface area contributed by atoms with Crippen LogP contribution < -0.4 is 5.73 Å². The highest BCUT2D eigenvalue weighted by Gasteiger charge is 2.12. The molecule has 0 aliphatic heterocycles. The van der Waals surface area contributed by atoms with Crippen LogP contribution in [-0.2, 0) is 0 Å². The van der Waals surface area contributed by atoms with Crippen LogP contribution in [0.4, 0.5) is 0 Å². The van der Waals surface area contributed by atoms with Crippen molar-refractivity contribution >= 4 is 0 Å². The van der Waals surface area contributed by atoms with Gasteiger partial charge >= 0.3 is 0 Å². The molecule has 2 N–H and O–H groups in total. The van der Waals surface area contributed by atoms with Crippen molar-refractivity contribution in [3.05, 3.63) is 35.4 Å². The molecule has 0 heterocycles. The molecule has 0 spiro atoms. The molecular formula is C13H21N. The predicted octanol–water partition coefficient (Wildman–Crippen LogP) is 3.61. The minimum absolute atomic E-state index is 0.145. The van der Waals surface area contributed by atoms with Crippen LogP contribution in [0.3, 0.4) is 0 Å². The standard InChI is InChI=1S/C13H21N/c1-4-11(5-2)13-9-7-6-8-12(13)10(3)14/h6-11H,4-5,14H2,1-3H3. The topological polar surface area (TPSA) is 26.0 Å². The summed E-state index contributed by atoms with van der Waals surface area (Å²) in [6, 6.07) is 8.70. The van der Waals surface area contributed by atoms with Crippen molar-refractivity contribution in [2.45, 2.75) is 45.6 Å². The number of nitrogens with two attached hydrogens (primary N) is 1. The first kappa shape index (κ1) is 11.3. The van der Waals surface area contributed by atoms with Crippen molar-refractivity contribution in [3.8, 4) is 0 Å². The lowest BCUT2D eigenvalue weighted by Crippen LogP contribution is -2.10. The molecule has 1 heteroatoms. The zero-order valence-corrected chi connectivity index (χ0v) is 9.46. The fourth-order valence-corrected chi connectivity index (χ4v) is 2.03. The largest absolute Gasteiger partial charge is 0.324 e. The van der Waals surface area contributed by atoms with E-state index in [0.29, 0.717) is 5.92 Å². The average Bonchev–Trinajstić information content (AvgIpc) is 2.20. The van der Waals surface area contributed by atoms with Gasteiger partial charge in [-0.2, -0.15) is 0 Å². The molecule has 0 aromatic heterocycles. The van der Waals surface area contributed by atoms with E-state index in [-0.39, 0.29) is 6.04 Å². The predicted molar refractivity (Wildman–Crippen MR) is 62.4 cm³/mol. The number of benzene rings is 1. The summed E-state index contributed by atoms with van der Waals surface area (Å²) in [5, 5.41) is 0. The maximum absolute atomic E-state index is 5.96. The monoisotopic (exact) mass is 191 g/mol. The third kappa shape index (κ3) is 2.36. The Labute approximate surface area is 87.3 Å². The summed E-state index contributed by atoms with van der Waals surface area (Å²) in [5.74, 6) is 0.664. The second kappa shape index (κ2) is 5.16. The highest BCUT2D eigenvalue weighted by atomic mass is 14.6. The van der Waals surface area contributed by atoms with E-state index in [1.54, 1.807) is 0 Å². The van der Waals surface area contributed by atoms with Gasteiger partial charge in [0.2, 0.25) is 0 Å². The molecule has 0 saturated heterocycles. The molecule has 1 unspecified atom stereocenters. The van der Waals surface area contributed by atoms with Crippen molar-refractivity contribution in [1.29, 1.82) is 0 Å². The SMILES string of the molecule is CCC(CC)c1ccccc1C(C)N. The summed E-state index contributed by atoms with van der Waals surface area (Å²) in [5.41, 5.74) is 8.71. The van der Waals surface area contributed by atoms with Gasteiger partial charge in [0.25, 0.3) is 0 Å². The molecule has 0 radical (unpaired) electrons. The summed E-state index contributed by atoms with van der Waals surface area (Å²) in [6.07, 6.45) is 2.39. The maximum atomic E-state index is 5.96. The molecule has 1 aromatic rings. The summed E-state index contributed by atoms with van der Waals surface area (Å²) >= 11 is 0. The molecule has 0 fully saturated rings. The van der Waals surface area contributed by atoms with E-state index in [2.05, 4.69) is 45.0 Å². The van der Waals surface area contributed by atoms with E-state index in [9.17, 15) is 0 Å². The van der Waals surface area contributed by atoms with Crippen LogP contribution in [0, 0.1) is 0 Å². The van der Waals surface area contributed by atoms with E-state index >= 15 is 0 Å². The Balaban J connectivity index is 3.05. The third-order valence-corrected chi connectivity index (χ3v) is 2.91. The Bertz CT molecular complexity index is 274. The van der Waals surface area contributed by atoms with Gasteiger partial charge < -0.3 is 5.73 Å². The van der Waals surface area contributed by atoms with Gasteiger partial charge in [0.15, 0.2) is 0 Å². The quantitative estimate of drug-likeness (QED) is 0.773. The first-order valence-electron chi connectivity index (χ1n) is 5.55. The molecule has 0 amide bonds. The van der Waals surface area contributed by atoms with Crippen molar-refractivity contribution in [1.82, 2.24) is 0 Å². The Kier molecular flexibility index (Phi) is 4.15. The van der Waals surface area contributed by atoms with Crippen LogP contribution in [0.25, 0.3) is 0 Å². The maximum Gasteiger partial charge on any atom is 0.0268 e. The molecule has 0 saturated carbocycles. The summed E-state index contributed by atoms with van der Waals surface area (Å²) < 4.78 is 0. The van der Waals surface area contributed by atoms with E-state index in [1.807, 2.05) is 0 Å². The first-order chi connectivity index (χ1) is 6.70. The van der Waals surface area contributed by atoms with E-state index in [0.717, 1.165) is 0 Å². The van der Waals surface area contributed by atoms with Gasteiger partial charge in [-0.3, -0.25) is 0 Å². The number of hydrogen-bond acceptors (Lipinski definition) is 1. The number of rotatable bonds is 4. The molecule has 0 aliphatic carbocycles. The molecule has 78 valence electrons. The van der Waals surface area contributed by atoms with E-state index in [1.165, 1.54) is 24.0 Å². The van der Waals surface area contributed by atoms with Gasteiger partial charge in [-0.25, -0.2) is 0 Å². The summed E-state index contributed by atoms with van der Waals surface area (Å²) in [6.45, 7) is 6.54. The highest BCUT2D eigenvalue weighted by molar-refractivity contribution is 5.32. The van der Waals surface area contributed by atoms with Crippen LogP contribution in [-0.4, -0.2) is 0 Å². The Morgan fingerprint density at radius 3 is 2.00 bits per heavy atom. The van der Waals surface area contributed by atoms with Crippen LogP contribution in [0.2, 0.25) is 0 Å². The van der Waals surface area contributed by atoms with Crippen molar-refractivity contribution in [2.75, 3.05) is 0 Å². The lowest BCUT2D eigenvalue weighted by molar-refractivity contribution is 0.626. The third-order valence-electron chi connectivity index (χ3n) is 2.91. The minimum atomic E-state index is 0.145. The van der Waals surface area contributed by atoms with Crippen LogP contribution in [0.5, 0.6) is 0 Å². The molecule has 0 aliphatic rings. The van der Waals surface area contributed by atoms with Crippen molar-refractivity contribution < 1.29 is 0 Å². The lowest BCUT2D eigenvalue weighted by atomic mass is 9.88. The molecule has 1 aromatic carbocycles. The van der Waals surface area contributed by atoms with Crippen molar-refractivity contribution in [3.63, 3.8) is 0 Å². The second-order valence-corrected chi connectivity index (χ2v) is 3.93. The summed E-state index contributed by atoms with van der Waals surface area (Å²) in [7, 11) is 0. The summed E-state index contributed by atoms with van der Waals surface area (Å²) in [4.78, 5) is 0. The normalized spacial score (nSPS) is 13.2. The zero-order valence-electron chi connectivity index (χ0n) is 9.46. The minimum Gasteiger partial charge on any atom is -0.324 e. The molecule has 14 heavy (non-hydrogen) atoms. The second-order valence-electron chi connectivity index (χ2n) is 3.93. The molecule has 0 bridgehead atoms. The Hall–Kier alpha value is -0.820. The van der Waals surface area contributed by atoms with Crippen LogP contribution >= 0.6 is 0 Å². The van der Waals surface area contributed by atoms with Gasteiger partial charge in [0.05, 0.1) is 0 Å². The van der Waals surface area contributed by atoms with Crippen LogP contribution in [0.15, 0.2) is 24.3 Å². The van der Waals surface area contributed by atoms with E-state index in [4.69, 9.17) is 5.73 Å². The van der Waals surface area contributed by atoms with E-state index < -0.39 is 0 Å². The molecular weight excluding hydrogens is 170 g/mol. The first-order valence-corrected chi connectivity index (χ1v) is 5.55. The van der Waals surface area contributed by atoms with Crippen LogP contribution in [0.1, 0.15) is 56.7 Å². The number of hydrogen-bond donors (Lipinski definition) is 1. The molecule has 1 rings (SSSR count). The lowest BCUT2D eigenvalue weighted by Gasteiger charge is -2.19. The fourth-order valence-electron chi connectivity index (χ4n) is 2.03. The van der Waals surface area contributed by atoms with Gasteiger partial charge in [-0.05, 0) is 36.8 Å². The van der Waals surface area contributed by atoms with Gasteiger partial charge in [-0.1, -0.05) is 38.1 Å². The fraction of sp³-hybridized carbons (Fsp3) is 0.538. The molecule has 1 atom stereocenters. The van der Waals surface area contributed by atoms with Gasteiger partial charge in [0, 0.05) is 6.04 Å². The Morgan fingerprint density at radius 2 is 1.57 bits per heavy atom. The average molecular weight is 191 g/mol. The Morgan fingerprint density at radius 1 is 1.07 bits per heavy atom. The smallest absolute Gasteiger partial charge is 0.0268 e. The van der Waals surface area contributed by atoms with Gasteiger partial charge in [-0.15, -0.1) is 0 Å². The molecule has 1 nitrogen and oxygen atoms in total. The highest BCUT2D eigenvalue weighted by Crippen LogP contribution is 2.28. The van der Waals surface area contributed by atoms with Crippen molar-refractivity contribution in [2.24, 2.45) is 5.73 Å².